The fourth-order valence-corrected chi connectivity index (χ4v) is 1.88. The maximum atomic E-state index is 11.7. The van der Waals surface area contributed by atoms with Gasteiger partial charge in [0.2, 0.25) is 5.91 Å². The van der Waals surface area contributed by atoms with E-state index in [9.17, 15) is 4.79 Å². The molecule has 16 heavy (non-hydrogen) atoms. The SMILES string of the molecule is Cc1cc(CNC(=O)[C@@H]2CCCCN2)no1. The summed E-state index contributed by atoms with van der Waals surface area (Å²) in [5.74, 6) is 0.820. The van der Waals surface area contributed by atoms with Gasteiger partial charge in [0.25, 0.3) is 0 Å². The molecule has 1 fully saturated rings. The highest BCUT2D eigenvalue weighted by atomic mass is 16.5. The molecule has 1 aromatic heterocycles. The summed E-state index contributed by atoms with van der Waals surface area (Å²) in [4.78, 5) is 11.7. The maximum Gasteiger partial charge on any atom is 0.237 e. The molecule has 1 saturated heterocycles. The number of carbonyl (C=O) groups is 1. The smallest absolute Gasteiger partial charge is 0.237 e. The van der Waals surface area contributed by atoms with E-state index in [-0.39, 0.29) is 11.9 Å². The first kappa shape index (κ1) is 11.1. The van der Waals surface area contributed by atoms with Crippen LogP contribution in [0.1, 0.15) is 30.7 Å². The number of hydrogen-bond donors (Lipinski definition) is 2. The minimum Gasteiger partial charge on any atom is -0.361 e. The summed E-state index contributed by atoms with van der Waals surface area (Å²) < 4.78 is 4.93. The zero-order valence-electron chi connectivity index (χ0n) is 9.45. The summed E-state index contributed by atoms with van der Waals surface area (Å²) in [6.07, 6.45) is 3.20. The highest BCUT2D eigenvalue weighted by molar-refractivity contribution is 5.81. The zero-order valence-corrected chi connectivity index (χ0v) is 9.45. The summed E-state index contributed by atoms with van der Waals surface area (Å²) >= 11 is 0. The Balaban J connectivity index is 1.78. The molecule has 0 aliphatic carbocycles. The molecule has 0 unspecified atom stereocenters. The second kappa shape index (κ2) is 5.12. The zero-order chi connectivity index (χ0) is 11.4. The van der Waals surface area contributed by atoms with Crippen molar-refractivity contribution in [3.05, 3.63) is 17.5 Å². The Bertz CT molecular complexity index is 356. The number of aromatic nitrogens is 1. The second-order valence-corrected chi connectivity index (χ2v) is 4.15. The molecule has 5 nitrogen and oxygen atoms in total. The highest BCUT2D eigenvalue weighted by Gasteiger charge is 2.20. The van der Waals surface area contributed by atoms with E-state index < -0.39 is 0 Å². The predicted molar refractivity (Wildman–Crippen MR) is 58.7 cm³/mol. The van der Waals surface area contributed by atoms with Gasteiger partial charge in [-0.05, 0) is 26.3 Å². The molecule has 1 aromatic rings. The van der Waals surface area contributed by atoms with Crippen LogP contribution in [0.5, 0.6) is 0 Å². The fourth-order valence-electron chi connectivity index (χ4n) is 1.88. The van der Waals surface area contributed by atoms with E-state index >= 15 is 0 Å². The largest absolute Gasteiger partial charge is 0.361 e. The van der Waals surface area contributed by atoms with Crippen molar-refractivity contribution in [3.63, 3.8) is 0 Å². The average Bonchev–Trinajstić information content (AvgIpc) is 2.73. The number of nitrogens with one attached hydrogen (secondary N) is 2. The Morgan fingerprint density at radius 1 is 1.69 bits per heavy atom. The van der Waals surface area contributed by atoms with Crippen LogP contribution in [-0.4, -0.2) is 23.7 Å². The van der Waals surface area contributed by atoms with Crippen LogP contribution in [0.4, 0.5) is 0 Å². The Hall–Kier alpha value is -1.36. The van der Waals surface area contributed by atoms with E-state index in [1.54, 1.807) is 0 Å². The molecule has 0 aromatic carbocycles. The van der Waals surface area contributed by atoms with Gasteiger partial charge in [0.15, 0.2) is 0 Å². The Labute approximate surface area is 94.6 Å². The van der Waals surface area contributed by atoms with Gasteiger partial charge in [-0.15, -0.1) is 0 Å². The minimum atomic E-state index is -0.0400. The van der Waals surface area contributed by atoms with Gasteiger partial charge < -0.3 is 15.2 Å². The van der Waals surface area contributed by atoms with Gasteiger partial charge in [-0.25, -0.2) is 0 Å². The standard InChI is InChI=1S/C11H17N3O2/c1-8-6-9(14-16-8)7-13-11(15)10-4-2-3-5-12-10/h6,10,12H,2-5,7H2,1H3,(H,13,15)/t10-/m0/s1. The Kier molecular flexibility index (Phi) is 3.56. The number of carbonyl (C=O) groups excluding carboxylic acids is 1. The maximum absolute atomic E-state index is 11.7. The number of amides is 1. The van der Waals surface area contributed by atoms with Gasteiger partial charge in [0.05, 0.1) is 12.6 Å². The third kappa shape index (κ3) is 2.82. The summed E-state index contributed by atoms with van der Waals surface area (Å²) in [5.41, 5.74) is 0.765. The third-order valence-electron chi connectivity index (χ3n) is 2.75. The number of aryl methyl sites for hydroxylation is 1. The molecular weight excluding hydrogens is 206 g/mol. The lowest BCUT2D eigenvalue weighted by Gasteiger charge is -2.22. The molecular formula is C11H17N3O2. The van der Waals surface area contributed by atoms with Crippen LogP contribution in [0.15, 0.2) is 10.6 Å². The van der Waals surface area contributed by atoms with Crippen molar-refractivity contribution in [2.45, 2.75) is 38.8 Å². The molecule has 88 valence electrons. The summed E-state index contributed by atoms with van der Waals surface area (Å²) in [6, 6.07) is 1.79. The molecule has 0 radical (unpaired) electrons. The average molecular weight is 223 g/mol. The number of nitrogens with zero attached hydrogens (tertiary/aromatic N) is 1. The number of piperidine rings is 1. The first-order valence-electron chi connectivity index (χ1n) is 5.69. The van der Waals surface area contributed by atoms with Crippen molar-refractivity contribution in [3.8, 4) is 0 Å². The summed E-state index contributed by atoms with van der Waals surface area (Å²) in [5, 5.41) is 9.89. The lowest BCUT2D eigenvalue weighted by atomic mass is 10.0. The molecule has 0 spiro atoms. The van der Waals surface area contributed by atoms with Crippen LogP contribution < -0.4 is 10.6 Å². The fraction of sp³-hybridized carbons (Fsp3) is 0.636. The van der Waals surface area contributed by atoms with E-state index in [0.717, 1.165) is 37.3 Å². The Morgan fingerprint density at radius 2 is 2.56 bits per heavy atom. The molecule has 0 saturated carbocycles. The lowest BCUT2D eigenvalue weighted by Crippen LogP contribution is -2.46. The van der Waals surface area contributed by atoms with Crippen LogP contribution in [0.2, 0.25) is 0 Å². The van der Waals surface area contributed by atoms with Gasteiger partial charge in [0, 0.05) is 6.07 Å². The van der Waals surface area contributed by atoms with E-state index in [0.29, 0.717) is 6.54 Å². The summed E-state index contributed by atoms with van der Waals surface area (Å²) in [7, 11) is 0. The first-order valence-corrected chi connectivity index (χ1v) is 5.69. The van der Waals surface area contributed by atoms with Crippen LogP contribution in [-0.2, 0) is 11.3 Å². The number of hydrogen-bond acceptors (Lipinski definition) is 4. The molecule has 2 heterocycles. The first-order chi connectivity index (χ1) is 7.75. The van der Waals surface area contributed by atoms with Crippen LogP contribution in [0, 0.1) is 6.92 Å². The molecule has 2 rings (SSSR count). The van der Waals surface area contributed by atoms with Crippen molar-refractivity contribution < 1.29 is 9.32 Å². The number of rotatable bonds is 3. The Morgan fingerprint density at radius 3 is 3.19 bits per heavy atom. The molecule has 5 heteroatoms. The monoisotopic (exact) mass is 223 g/mol. The van der Waals surface area contributed by atoms with Gasteiger partial charge in [-0.2, -0.15) is 0 Å². The molecule has 0 bridgehead atoms. The van der Waals surface area contributed by atoms with Gasteiger partial charge in [-0.3, -0.25) is 4.79 Å². The van der Waals surface area contributed by atoms with E-state index in [1.165, 1.54) is 0 Å². The van der Waals surface area contributed by atoms with Crippen LogP contribution >= 0.6 is 0 Å². The van der Waals surface area contributed by atoms with Crippen molar-refractivity contribution in [1.82, 2.24) is 15.8 Å². The van der Waals surface area contributed by atoms with E-state index in [4.69, 9.17) is 4.52 Å². The highest BCUT2D eigenvalue weighted by Crippen LogP contribution is 2.07. The van der Waals surface area contributed by atoms with Gasteiger partial charge in [0.1, 0.15) is 11.5 Å². The molecule has 1 aliphatic rings. The summed E-state index contributed by atoms with van der Waals surface area (Å²) in [6.45, 7) is 3.20. The quantitative estimate of drug-likeness (QED) is 0.793. The molecule has 1 aliphatic heterocycles. The van der Waals surface area contributed by atoms with Crippen molar-refractivity contribution in [2.24, 2.45) is 0 Å². The van der Waals surface area contributed by atoms with E-state index in [2.05, 4.69) is 15.8 Å². The minimum absolute atomic E-state index is 0.0400. The van der Waals surface area contributed by atoms with Crippen molar-refractivity contribution in [1.29, 1.82) is 0 Å². The molecule has 2 N–H and O–H groups in total. The second-order valence-electron chi connectivity index (χ2n) is 4.15. The van der Waals surface area contributed by atoms with Crippen molar-refractivity contribution in [2.75, 3.05) is 6.54 Å². The predicted octanol–water partition coefficient (Wildman–Crippen LogP) is 0.741. The third-order valence-corrected chi connectivity index (χ3v) is 2.75. The van der Waals surface area contributed by atoms with Gasteiger partial charge >= 0.3 is 0 Å². The van der Waals surface area contributed by atoms with Crippen LogP contribution in [0.25, 0.3) is 0 Å². The topological polar surface area (TPSA) is 67.2 Å². The van der Waals surface area contributed by atoms with E-state index in [1.807, 2.05) is 13.0 Å². The van der Waals surface area contributed by atoms with Crippen LogP contribution in [0.3, 0.4) is 0 Å². The molecule has 1 amide bonds. The van der Waals surface area contributed by atoms with Gasteiger partial charge in [-0.1, -0.05) is 11.6 Å². The lowest BCUT2D eigenvalue weighted by molar-refractivity contribution is -0.123. The molecule has 1 atom stereocenters. The normalized spacial score (nSPS) is 20.7. The van der Waals surface area contributed by atoms with Crippen molar-refractivity contribution >= 4 is 5.91 Å².